The van der Waals surface area contributed by atoms with Gasteiger partial charge in [-0.15, -0.1) is 13.2 Å². The summed E-state index contributed by atoms with van der Waals surface area (Å²) in [5.41, 5.74) is 5.19. The molecule has 0 bridgehead atoms. The fourth-order valence-corrected chi connectivity index (χ4v) is 0.777. The highest BCUT2D eigenvalue weighted by Crippen LogP contribution is 2.21. The molecule has 1 aromatic heterocycles. The standard InChI is InChI=1S/C7H6F3N3O2/c8-7(9,10)15-4-1-2-5(12-3-4)6(11)13-14/h1-3,14H,(H2,11,13). The molecule has 8 heteroatoms. The maximum atomic E-state index is 11.7. The zero-order chi connectivity index (χ0) is 11.5. The molecule has 0 saturated carbocycles. The van der Waals surface area contributed by atoms with Gasteiger partial charge in [-0.3, -0.25) is 0 Å². The zero-order valence-electron chi connectivity index (χ0n) is 7.19. The fraction of sp³-hybridized carbons (Fsp3) is 0.143. The van der Waals surface area contributed by atoms with E-state index in [0.717, 1.165) is 18.3 Å². The summed E-state index contributed by atoms with van der Waals surface area (Å²) < 4.78 is 38.7. The summed E-state index contributed by atoms with van der Waals surface area (Å²) in [6, 6.07) is 2.14. The van der Waals surface area contributed by atoms with Crippen molar-refractivity contribution in [3.05, 3.63) is 24.0 Å². The van der Waals surface area contributed by atoms with Gasteiger partial charge in [0, 0.05) is 0 Å². The molecule has 0 aliphatic rings. The molecule has 5 nitrogen and oxygen atoms in total. The molecular formula is C7H6F3N3O2. The molecule has 0 aliphatic heterocycles. The average Bonchev–Trinajstić information content (AvgIpc) is 2.15. The Hall–Kier alpha value is -1.99. The van der Waals surface area contributed by atoms with Gasteiger partial charge in [0.15, 0.2) is 5.84 Å². The maximum Gasteiger partial charge on any atom is 0.573 e. The van der Waals surface area contributed by atoms with Crippen molar-refractivity contribution in [2.45, 2.75) is 6.36 Å². The molecule has 0 unspecified atom stereocenters. The molecule has 1 heterocycles. The number of hydrogen-bond donors (Lipinski definition) is 2. The highest BCUT2D eigenvalue weighted by molar-refractivity contribution is 5.95. The molecule has 0 amide bonds. The molecule has 0 spiro atoms. The molecular weight excluding hydrogens is 215 g/mol. The third kappa shape index (κ3) is 3.33. The third-order valence-electron chi connectivity index (χ3n) is 1.34. The second kappa shape index (κ2) is 4.03. The van der Waals surface area contributed by atoms with Crippen LogP contribution in [-0.4, -0.2) is 22.4 Å². The van der Waals surface area contributed by atoms with Gasteiger partial charge in [0.2, 0.25) is 0 Å². The van der Waals surface area contributed by atoms with Crippen molar-refractivity contribution < 1.29 is 23.1 Å². The SMILES string of the molecule is NC(=NO)c1ccc(OC(F)(F)F)cn1. The van der Waals surface area contributed by atoms with E-state index in [0.29, 0.717) is 0 Å². The minimum absolute atomic E-state index is 0.0482. The Morgan fingerprint density at radius 1 is 1.47 bits per heavy atom. The lowest BCUT2D eigenvalue weighted by atomic mass is 10.3. The lowest BCUT2D eigenvalue weighted by Crippen LogP contribution is -2.18. The van der Waals surface area contributed by atoms with Gasteiger partial charge in [-0.2, -0.15) is 0 Å². The first-order valence-electron chi connectivity index (χ1n) is 3.62. The van der Waals surface area contributed by atoms with Crippen LogP contribution in [0, 0.1) is 0 Å². The molecule has 0 atom stereocenters. The van der Waals surface area contributed by atoms with Gasteiger partial charge in [-0.05, 0) is 12.1 Å². The Labute approximate surface area is 82.0 Å². The average molecular weight is 221 g/mol. The van der Waals surface area contributed by atoms with Crippen LogP contribution >= 0.6 is 0 Å². The van der Waals surface area contributed by atoms with Crippen LogP contribution in [0.15, 0.2) is 23.5 Å². The van der Waals surface area contributed by atoms with E-state index in [-0.39, 0.29) is 11.5 Å². The summed E-state index contributed by atoms with van der Waals surface area (Å²) in [4.78, 5) is 3.49. The molecule has 1 rings (SSSR count). The molecule has 0 fully saturated rings. The first-order chi connectivity index (χ1) is 6.92. The fourth-order valence-electron chi connectivity index (χ4n) is 0.777. The van der Waals surface area contributed by atoms with Crippen molar-refractivity contribution in [3.63, 3.8) is 0 Å². The van der Waals surface area contributed by atoms with Gasteiger partial charge in [0.05, 0.1) is 6.20 Å². The number of nitrogens with zero attached hydrogens (tertiary/aromatic N) is 2. The van der Waals surface area contributed by atoms with Crippen molar-refractivity contribution in [2.75, 3.05) is 0 Å². The topological polar surface area (TPSA) is 80.7 Å². The molecule has 15 heavy (non-hydrogen) atoms. The summed E-state index contributed by atoms with van der Waals surface area (Å²) in [6.07, 6.45) is -3.94. The van der Waals surface area contributed by atoms with Gasteiger partial charge >= 0.3 is 6.36 Å². The van der Waals surface area contributed by atoms with Crippen LogP contribution in [-0.2, 0) is 0 Å². The number of aromatic nitrogens is 1. The van der Waals surface area contributed by atoms with Gasteiger partial charge in [-0.1, -0.05) is 5.16 Å². The summed E-state index contributed by atoms with van der Waals surface area (Å²) in [5.74, 6) is -0.773. The van der Waals surface area contributed by atoms with E-state index in [1.807, 2.05) is 0 Å². The minimum atomic E-state index is -4.76. The van der Waals surface area contributed by atoms with E-state index in [1.165, 1.54) is 0 Å². The van der Waals surface area contributed by atoms with Crippen LogP contribution < -0.4 is 10.5 Å². The first-order valence-corrected chi connectivity index (χ1v) is 3.62. The van der Waals surface area contributed by atoms with Crippen LogP contribution in [0.1, 0.15) is 5.69 Å². The number of nitrogens with two attached hydrogens (primary N) is 1. The van der Waals surface area contributed by atoms with Crippen molar-refractivity contribution in [3.8, 4) is 5.75 Å². The van der Waals surface area contributed by atoms with E-state index >= 15 is 0 Å². The number of alkyl halides is 3. The predicted molar refractivity (Wildman–Crippen MR) is 43.4 cm³/mol. The van der Waals surface area contributed by atoms with Crippen molar-refractivity contribution in [1.29, 1.82) is 0 Å². The number of oxime groups is 1. The van der Waals surface area contributed by atoms with E-state index in [4.69, 9.17) is 10.9 Å². The van der Waals surface area contributed by atoms with Crippen molar-refractivity contribution >= 4 is 5.84 Å². The lowest BCUT2D eigenvalue weighted by molar-refractivity contribution is -0.274. The highest BCUT2D eigenvalue weighted by atomic mass is 19.4. The van der Waals surface area contributed by atoms with E-state index in [1.54, 1.807) is 0 Å². The molecule has 3 N–H and O–H groups in total. The van der Waals surface area contributed by atoms with Crippen LogP contribution in [0.3, 0.4) is 0 Å². The summed E-state index contributed by atoms with van der Waals surface area (Å²) in [7, 11) is 0. The number of pyridine rings is 1. The monoisotopic (exact) mass is 221 g/mol. The second-order valence-corrected chi connectivity index (χ2v) is 2.41. The summed E-state index contributed by atoms with van der Waals surface area (Å²) in [6.45, 7) is 0. The van der Waals surface area contributed by atoms with Crippen LogP contribution in [0.5, 0.6) is 5.75 Å². The van der Waals surface area contributed by atoms with Gasteiger partial charge < -0.3 is 15.7 Å². The van der Waals surface area contributed by atoms with Crippen LogP contribution in [0.2, 0.25) is 0 Å². The number of halogens is 3. The highest BCUT2D eigenvalue weighted by Gasteiger charge is 2.31. The Balaban J connectivity index is 2.82. The molecule has 0 saturated heterocycles. The van der Waals surface area contributed by atoms with E-state index in [9.17, 15) is 13.2 Å². The first kappa shape index (κ1) is 11.1. The minimum Gasteiger partial charge on any atom is -0.409 e. The lowest BCUT2D eigenvalue weighted by Gasteiger charge is -2.08. The maximum absolute atomic E-state index is 11.7. The number of hydrogen-bond acceptors (Lipinski definition) is 4. The molecule has 1 aromatic rings. The van der Waals surface area contributed by atoms with E-state index in [2.05, 4.69) is 14.9 Å². The zero-order valence-corrected chi connectivity index (χ0v) is 7.19. The summed E-state index contributed by atoms with van der Waals surface area (Å²) >= 11 is 0. The quantitative estimate of drug-likeness (QED) is 0.339. The smallest absolute Gasteiger partial charge is 0.409 e. The van der Waals surface area contributed by atoms with Crippen molar-refractivity contribution in [1.82, 2.24) is 4.98 Å². The number of rotatable bonds is 2. The normalized spacial score (nSPS) is 12.6. The second-order valence-electron chi connectivity index (χ2n) is 2.41. The molecule has 0 aliphatic carbocycles. The third-order valence-corrected chi connectivity index (χ3v) is 1.34. The Kier molecular flexibility index (Phi) is 2.98. The molecule has 0 radical (unpaired) electrons. The van der Waals surface area contributed by atoms with Gasteiger partial charge in [0.25, 0.3) is 0 Å². The summed E-state index contributed by atoms with van der Waals surface area (Å²) in [5, 5.41) is 10.9. The van der Waals surface area contributed by atoms with E-state index < -0.39 is 12.1 Å². The number of amidine groups is 1. The largest absolute Gasteiger partial charge is 0.573 e. The van der Waals surface area contributed by atoms with Crippen LogP contribution in [0.25, 0.3) is 0 Å². The Bertz CT molecular complexity index is 361. The van der Waals surface area contributed by atoms with Crippen molar-refractivity contribution in [2.24, 2.45) is 10.9 Å². The predicted octanol–water partition coefficient (Wildman–Crippen LogP) is 1.07. The van der Waals surface area contributed by atoms with Gasteiger partial charge in [0.1, 0.15) is 11.4 Å². The van der Waals surface area contributed by atoms with Crippen LogP contribution in [0.4, 0.5) is 13.2 Å². The van der Waals surface area contributed by atoms with Gasteiger partial charge in [-0.25, -0.2) is 4.98 Å². The molecule has 82 valence electrons. The Morgan fingerprint density at radius 2 is 2.13 bits per heavy atom. The Morgan fingerprint density at radius 3 is 2.53 bits per heavy atom. The number of ether oxygens (including phenoxy) is 1. The molecule has 0 aromatic carbocycles.